The molecule has 3 N–H and O–H groups in total. The number of rotatable bonds is 8. The Bertz CT molecular complexity index is 380. The van der Waals surface area contributed by atoms with Crippen molar-refractivity contribution >= 4 is 11.6 Å². The van der Waals surface area contributed by atoms with Gasteiger partial charge < -0.3 is 25.3 Å². The fourth-order valence-electron chi connectivity index (χ4n) is 1.31. The van der Waals surface area contributed by atoms with Gasteiger partial charge in [-0.2, -0.15) is 0 Å². The first-order chi connectivity index (χ1) is 8.65. The van der Waals surface area contributed by atoms with Gasteiger partial charge in [0.05, 0.1) is 6.54 Å². The predicted molar refractivity (Wildman–Crippen MR) is 67.4 cm³/mol. The summed E-state index contributed by atoms with van der Waals surface area (Å²) in [5, 5.41) is 3.13. The van der Waals surface area contributed by atoms with E-state index in [1.54, 1.807) is 26.4 Å². The Kier molecular flexibility index (Phi) is 5.96. The lowest BCUT2D eigenvalue weighted by Gasteiger charge is -2.15. The van der Waals surface area contributed by atoms with Crippen LogP contribution in [0.2, 0.25) is 0 Å². The molecular formula is C12H18N2O4. The van der Waals surface area contributed by atoms with Crippen molar-refractivity contribution in [3.8, 4) is 5.75 Å². The molecule has 0 atom stereocenters. The number of benzene rings is 1. The number of ether oxygens (including phenoxy) is 3. The summed E-state index contributed by atoms with van der Waals surface area (Å²) in [5.41, 5.74) is 5.84. The lowest BCUT2D eigenvalue weighted by Crippen LogP contribution is -2.23. The monoisotopic (exact) mass is 254 g/mol. The van der Waals surface area contributed by atoms with Crippen LogP contribution in [-0.4, -0.2) is 39.6 Å². The third-order valence-electron chi connectivity index (χ3n) is 2.21. The van der Waals surface area contributed by atoms with Crippen molar-refractivity contribution in [2.24, 2.45) is 5.73 Å². The molecule has 6 nitrogen and oxygen atoms in total. The largest absolute Gasteiger partial charge is 0.484 e. The normalized spacial score (nSPS) is 10.4. The van der Waals surface area contributed by atoms with Crippen LogP contribution in [0.1, 0.15) is 0 Å². The molecule has 0 saturated carbocycles. The topological polar surface area (TPSA) is 82.8 Å². The third kappa shape index (κ3) is 5.03. The Morgan fingerprint density at radius 2 is 2.11 bits per heavy atom. The second-order valence-corrected chi connectivity index (χ2v) is 3.56. The van der Waals surface area contributed by atoms with Crippen molar-refractivity contribution in [1.29, 1.82) is 0 Å². The third-order valence-corrected chi connectivity index (χ3v) is 2.21. The number of carbonyl (C=O) groups is 1. The Balaban J connectivity index is 2.51. The van der Waals surface area contributed by atoms with Crippen LogP contribution >= 0.6 is 0 Å². The zero-order valence-electron chi connectivity index (χ0n) is 10.5. The minimum absolute atomic E-state index is 0.137. The van der Waals surface area contributed by atoms with Gasteiger partial charge in [0.25, 0.3) is 5.91 Å². The average Bonchev–Trinajstić information content (AvgIpc) is 2.38. The van der Waals surface area contributed by atoms with Crippen molar-refractivity contribution in [2.45, 2.75) is 6.29 Å². The van der Waals surface area contributed by atoms with Crippen LogP contribution in [0.15, 0.2) is 24.3 Å². The molecule has 0 aliphatic carbocycles. The molecule has 0 saturated heterocycles. The molecule has 6 heteroatoms. The average molecular weight is 254 g/mol. The summed E-state index contributed by atoms with van der Waals surface area (Å²) in [6.07, 6.45) is -0.319. The number of methoxy groups -OCH3 is 2. The molecule has 1 amide bonds. The van der Waals surface area contributed by atoms with Crippen molar-refractivity contribution < 1.29 is 19.0 Å². The number of anilines is 1. The number of hydrogen-bond acceptors (Lipinski definition) is 5. The quantitative estimate of drug-likeness (QED) is 0.663. The van der Waals surface area contributed by atoms with E-state index in [4.69, 9.17) is 19.9 Å². The highest BCUT2D eigenvalue weighted by atomic mass is 16.7. The zero-order valence-corrected chi connectivity index (χ0v) is 10.5. The summed E-state index contributed by atoms with van der Waals surface area (Å²) in [6, 6.07) is 7.20. The van der Waals surface area contributed by atoms with Gasteiger partial charge in [0.1, 0.15) is 5.75 Å². The van der Waals surface area contributed by atoms with E-state index < -0.39 is 5.91 Å². The van der Waals surface area contributed by atoms with E-state index in [0.717, 1.165) is 5.69 Å². The van der Waals surface area contributed by atoms with E-state index in [1.165, 1.54) is 0 Å². The minimum atomic E-state index is -0.507. The standard InChI is InChI=1S/C12H18N2O4/c1-16-12(17-2)7-14-9-4-3-5-10(6-9)18-8-11(13)15/h3-6,12,14H,7-8H2,1-2H3,(H2,13,15). The molecule has 1 aromatic rings. The van der Waals surface area contributed by atoms with Gasteiger partial charge in [0.15, 0.2) is 12.9 Å². The van der Waals surface area contributed by atoms with Crippen LogP contribution in [0.25, 0.3) is 0 Å². The highest BCUT2D eigenvalue weighted by Crippen LogP contribution is 2.17. The van der Waals surface area contributed by atoms with Gasteiger partial charge in [0, 0.05) is 26.0 Å². The first kappa shape index (κ1) is 14.3. The summed E-state index contributed by atoms with van der Waals surface area (Å²) >= 11 is 0. The van der Waals surface area contributed by atoms with E-state index in [9.17, 15) is 4.79 Å². The van der Waals surface area contributed by atoms with Gasteiger partial charge in [-0.1, -0.05) is 6.07 Å². The van der Waals surface area contributed by atoms with Gasteiger partial charge in [-0.05, 0) is 12.1 Å². The lowest BCUT2D eigenvalue weighted by molar-refractivity contribution is -0.119. The molecule has 1 aromatic carbocycles. The first-order valence-corrected chi connectivity index (χ1v) is 5.46. The molecule has 0 spiro atoms. The Morgan fingerprint density at radius 1 is 1.39 bits per heavy atom. The van der Waals surface area contributed by atoms with Gasteiger partial charge >= 0.3 is 0 Å². The number of hydrogen-bond donors (Lipinski definition) is 2. The summed E-state index contributed by atoms with van der Waals surface area (Å²) in [4.78, 5) is 10.6. The number of primary amides is 1. The molecule has 0 aromatic heterocycles. The maximum atomic E-state index is 10.6. The maximum absolute atomic E-state index is 10.6. The Morgan fingerprint density at radius 3 is 2.72 bits per heavy atom. The van der Waals surface area contributed by atoms with Gasteiger partial charge in [-0.25, -0.2) is 0 Å². The zero-order chi connectivity index (χ0) is 13.4. The summed E-state index contributed by atoms with van der Waals surface area (Å²) in [6.45, 7) is 0.370. The molecule has 0 unspecified atom stereocenters. The van der Waals surface area contributed by atoms with E-state index in [2.05, 4.69) is 5.32 Å². The number of carbonyl (C=O) groups excluding carboxylic acids is 1. The highest BCUT2D eigenvalue weighted by molar-refractivity contribution is 5.75. The molecule has 18 heavy (non-hydrogen) atoms. The van der Waals surface area contributed by atoms with Crippen molar-refractivity contribution in [3.05, 3.63) is 24.3 Å². The smallest absolute Gasteiger partial charge is 0.255 e. The predicted octanol–water partition coefficient (Wildman–Crippen LogP) is 0.581. The second-order valence-electron chi connectivity index (χ2n) is 3.56. The van der Waals surface area contributed by atoms with E-state index in [0.29, 0.717) is 12.3 Å². The van der Waals surface area contributed by atoms with Crippen LogP contribution in [0.5, 0.6) is 5.75 Å². The first-order valence-electron chi connectivity index (χ1n) is 5.46. The fourth-order valence-corrected chi connectivity index (χ4v) is 1.31. The number of nitrogens with one attached hydrogen (secondary N) is 1. The summed E-state index contributed by atoms with van der Waals surface area (Å²) in [5.74, 6) is 0.0670. The van der Waals surface area contributed by atoms with E-state index in [1.807, 2.05) is 12.1 Å². The molecule has 0 aliphatic heterocycles. The molecule has 0 heterocycles. The van der Waals surface area contributed by atoms with Crippen molar-refractivity contribution in [1.82, 2.24) is 0 Å². The fraction of sp³-hybridized carbons (Fsp3) is 0.417. The molecule has 1 rings (SSSR count). The minimum Gasteiger partial charge on any atom is -0.484 e. The molecule has 0 fully saturated rings. The lowest BCUT2D eigenvalue weighted by atomic mass is 10.3. The van der Waals surface area contributed by atoms with Crippen LogP contribution in [0.3, 0.4) is 0 Å². The van der Waals surface area contributed by atoms with Crippen LogP contribution in [0.4, 0.5) is 5.69 Å². The molecular weight excluding hydrogens is 236 g/mol. The Hall–Kier alpha value is -1.79. The number of nitrogens with two attached hydrogens (primary N) is 1. The van der Waals surface area contributed by atoms with Gasteiger partial charge in [-0.15, -0.1) is 0 Å². The molecule has 0 bridgehead atoms. The van der Waals surface area contributed by atoms with Crippen molar-refractivity contribution in [2.75, 3.05) is 32.7 Å². The summed E-state index contributed by atoms with van der Waals surface area (Å²) in [7, 11) is 3.14. The van der Waals surface area contributed by atoms with E-state index in [-0.39, 0.29) is 12.9 Å². The highest BCUT2D eigenvalue weighted by Gasteiger charge is 2.05. The molecule has 100 valence electrons. The van der Waals surface area contributed by atoms with Crippen molar-refractivity contribution in [3.63, 3.8) is 0 Å². The Labute approximate surface area is 106 Å². The number of amides is 1. The summed E-state index contributed by atoms with van der Waals surface area (Å²) < 4.78 is 15.3. The molecule has 0 radical (unpaired) electrons. The molecule has 0 aliphatic rings. The van der Waals surface area contributed by atoms with Gasteiger partial charge in [-0.3, -0.25) is 4.79 Å². The van der Waals surface area contributed by atoms with Gasteiger partial charge in [0.2, 0.25) is 0 Å². The second kappa shape index (κ2) is 7.52. The van der Waals surface area contributed by atoms with Crippen LogP contribution in [0, 0.1) is 0 Å². The SMILES string of the molecule is COC(CNc1cccc(OCC(N)=O)c1)OC. The van der Waals surface area contributed by atoms with E-state index >= 15 is 0 Å². The van der Waals surface area contributed by atoms with Crippen LogP contribution in [-0.2, 0) is 14.3 Å². The van der Waals surface area contributed by atoms with Crippen LogP contribution < -0.4 is 15.8 Å². The maximum Gasteiger partial charge on any atom is 0.255 e.